The van der Waals surface area contributed by atoms with Crippen LogP contribution in [0.15, 0.2) is 24.3 Å². The fraction of sp³-hybridized carbons (Fsp3) is 0.375. The van der Waals surface area contributed by atoms with E-state index in [1.54, 1.807) is 6.07 Å². The van der Waals surface area contributed by atoms with Crippen LogP contribution in [0.25, 0.3) is 0 Å². The Morgan fingerprint density at radius 3 is 2.30 bits per heavy atom. The molecule has 0 bridgehead atoms. The zero-order valence-electron chi connectivity index (χ0n) is 13.3. The molecule has 0 aromatic heterocycles. The third-order valence-electron chi connectivity index (χ3n) is 2.73. The molecule has 23 heavy (non-hydrogen) atoms. The Labute approximate surface area is 134 Å². The van der Waals surface area contributed by atoms with Crippen molar-refractivity contribution in [2.24, 2.45) is 0 Å². The predicted molar refractivity (Wildman–Crippen MR) is 83.5 cm³/mol. The van der Waals surface area contributed by atoms with Gasteiger partial charge in [-0.2, -0.15) is 5.26 Å². The highest BCUT2D eigenvalue weighted by Crippen LogP contribution is 2.11. The predicted octanol–water partition coefficient (Wildman–Crippen LogP) is 1.61. The van der Waals surface area contributed by atoms with E-state index < -0.39 is 18.0 Å². The summed E-state index contributed by atoms with van der Waals surface area (Å²) in [5, 5.41) is 13.6. The topological polar surface area (TPSA) is 108 Å². The van der Waals surface area contributed by atoms with Crippen molar-refractivity contribution >= 4 is 23.5 Å². The molecule has 1 aromatic carbocycles. The van der Waals surface area contributed by atoms with Gasteiger partial charge in [0.2, 0.25) is 5.91 Å². The van der Waals surface area contributed by atoms with Crippen LogP contribution in [0.3, 0.4) is 0 Å². The summed E-state index contributed by atoms with van der Waals surface area (Å²) in [6, 6.07) is 7.67. The van der Waals surface area contributed by atoms with Crippen molar-refractivity contribution in [3.05, 3.63) is 29.8 Å². The number of benzene rings is 1. The molecule has 0 aliphatic carbocycles. The number of esters is 1. The number of amides is 2. The number of rotatable bonds is 6. The molecule has 0 saturated carbocycles. The number of hydrogen-bond acceptors (Lipinski definition) is 5. The normalized spacial score (nSPS) is 11.3. The molecule has 0 aliphatic heterocycles. The largest absolute Gasteiger partial charge is 0.449 e. The second kappa shape index (κ2) is 8.54. The zero-order valence-corrected chi connectivity index (χ0v) is 13.3. The summed E-state index contributed by atoms with van der Waals surface area (Å²) in [6.07, 6.45) is -1.15. The van der Waals surface area contributed by atoms with Gasteiger partial charge in [0.1, 0.15) is 6.42 Å². The second-order valence-corrected chi connectivity index (χ2v) is 5.17. The lowest BCUT2D eigenvalue weighted by Gasteiger charge is -2.15. The first-order chi connectivity index (χ1) is 10.8. The molecule has 122 valence electrons. The van der Waals surface area contributed by atoms with Crippen LogP contribution in [0.2, 0.25) is 0 Å². The maximum absolute atomic E-state index is 11.9. The van der Waals surface area contributed by atoms with Gasteiger partial charge in [-0.1, -0.05) is 0 Å². The van der Waals surface area contributed by atoms with E-state index in [0.717, 1.165) is 0 Å². The SMILES string of the molecule is CC(C)NC(=O)C(C)OC(=O)c1ccc(NC(=O)CC#N)cc1. The van der Waals surface area contributed by atoms with Gasteiger partial charge < -0.3 is 15.4 Å². The lowest BCUT2D eigenvalue weighted by atomic mass is 10.2. The summed E-state index contributed by atoms with van der Waals surface area (Å²) in [4.78, 5) is 34.9. The van der Waals surface area contributed by atoms with Gasteiger partial charge in [-0.3, -0.25) is 9.59 Å². The van der Waals surface area contributed by atoms with E-state index in [4.69, 9.17) is 10.00 Å². The van der Waals surface area contributed by atoms with Gasteiger partial charge >= 0.3 is 5.97 Å². The van der Waals surface area contributed by atoms with E-state index in [1.807, 2.05) is 13.8 Å². The first-order valence-corrected chi connectivity index (χ1v) is 7.11. The maximum Gasteiger partial charge on any atom is 0.338 e. The minimum atomic E-state index is -0.903. The average molecular weight is 317 g/mol. The van der Waals surface area contributed by atoms with Crippen LogP contribution >= 0.6 is 0 Å². The van der Waals surface area contributed by atoms with Gasteiger partial charge in [0.15, 0.2) is 6.10 Å². The van der Waals surface area contributed by atoms with Crippen molar-refractivity contribution in [1.29, 1.82) is 5.26 Å². The van der Waals surface area contributed by atoms with Crippen molar-refractivity contribution in [1.82, 2.24) is 5.32 Å². The van der Waals surface area contributed by atoms with E-state index in [2.05, 4.69) is 10.6 Å². The molecule has 1 rings (SSSR count). The Bertz CT molecular complexity index is 617. The van der Waals surface area contributed by atoms with Gasteiger partial charge in [0.05, 0.1) is 11.6 Å². The standard InChI is InChI=1S/C16H19N3O4/c1-10(2)18-15(21)11(3)23-16(22)12-4-6-13(7-5-12)19-14(20)8-9-17/h4-7,10-11H,8H2,1-3H3,(H,18,21)(H,19,20). The summed E-state index contributed by atoms with van der Waals surface area (Å²) in [5.41, 5.74) is 0.722. The Balaban J connectivity index is 2.62. The highest BCUT2D eigenvalue weighted by atomic mass is 16.5. The van der Waals surface area contributed by atoms with Gasteiger partial charge in [0, 0.05) is 11.7 Å². The number of carbonyl (C=O) groups is 3. The Morgan fingerprint density at radius 1 is 1.17 bits per heavy atom. The molecular weight excluding hydrogens is 298 g/mol. The first-order valence-electron chi connectivity index (χ1n) is 7.11. The van der Waals surface area contributed by atoms with Crippen LogP contribution in [0.4, 0.5) is 5.69 Å². The number of hydrogen-bond donors (Lipinski definition) is 2. The van der Waals surface area contributed by atoms with E-state index in [0.29, 0.717) is 5.69 Å². The molecule has 7 nitrogen and oxygen atoms in total. The van der Waals surface area contributed by atoms with Crippen LogP contribution in [0.1, 0.15) is 37.6 Å². The van der Waals surface area contributed by atoms with Gasteiger partial charge in [-0.25, -0.2) is 4.79 Å². The molecule has 7 heteroatoms. The van der Waals surface area contributed by atoms with Crippen molar-refractivity contribution in [2.45, 2.75) is 39.3 Å². The van der Waals surface area contributed by atoms with Gasteiger partial charge in [0.25, 0.3) is 5.91 Å². The number of anilines is 1. The van der Waals surface area contributed by atoms with Gasteiger partial charge in [-0.05, 0) is 45.0 Å². The van der Waals surface area contributed by atoms with E-state index in [1.165, 1.54) is 31.2 Å². The van der Waals surface area contributed by atoms with E-state index >= 15 is 0 Å². The number of nitrogens with one attached hydrogen (secondary N) is 2. The van der Waals surface area contributed by atoms with Crippen molar-refractivity contribution in [3.8, 4) is 6.07 Å². The summed E-state index contributed by atoms with van der Waals surface area (Å²) in [6.45, 7) is 5.11. The molecule has 0 heterocycles. The highest BCUT2D eigenvalue weighted by molar-refractivity contribution is 5.94. The Kier molecular flexibility index (Phi) is 6.74. The summed E-state index contributed by atoms with van der Waals surface area (Å²) >= 11 is 0. The lowest BCUT2D eigenvalue weighted by Crippen LogP contribution is -2.39. The monoisotopic (exact) mass is 317 g/mol. The number of carbonyl (C=O) groups excluding carboxylic acids is 3. The molecule has 0 radical (unpaired) electrons. The van der Waals surface area contributed by atoms with Crippen molar-refractivity contribution in [3.63, 3.8) is 0 Å². The molecule has 2 N–H and O–H groups in total. The van der Waals surface area contributed by atoms with Crippen molar-refractivity contribution in [2.75, 3.05) is 5.32 Å². The number of ether oxygens (including phenoxy) is 1. The molecule has 0 fully saturated rings. The second-order valence-electron chi connectivity index (χ2n) is 5.17. The molecule has 1 aromatic rings. The van der Waals surface area contributed by atoms with Crippen LogP contribution in [0.5, 0.6) is 0 Å². The zero-order chi connectivity index (χ0) is 17.4. The van der Waals surface area contributed by atoms with E-state index in [9.17, 15) is 14.4 Å². The van der Waals surface area contributed by atoms with Crippen LogP contribution in [-0.2, 0) is 14.3 Å². The minimum Gasteiger partial charge on any atom is -0.449 e. The fourth-order valence-electron chi connectivity index (χ4n) is 1.65. The molecule has 1 unspecified atom stereocenters. The van der Waals surface area contributed by atoms with Crippen molar-refractivity contribution < 1.29 is 19.1 Å². The van der Waals surface area contributed by atoms with Crippen LogP contribution in [-0.4, -0.2) is 29.9 Å². The van der Waals surface area contributed by atoms with Crippen LogP contribution in [0, 0.1) is 11.3 Å². The fourth-order valence-corrected chi connectivity index (χ4v) is 1.65. The van der Waals surface area contributed by atoms with Crippen LogP contribution < -0.4 is 10.6 Å². The summed E-state index contributed by atoms with van der Waals surface area (Å²) in [5.74, 6) is -1.43. The molecule has 0 aliphatic rings. The van der Waals surface area contributed by atoms with Gasteiger partial charge in [-0.15, -0.1) is 0 Å². The Hall–Kier alpha value is -2.88. The summed E-state index contributed by atoms with van der Waals surface area (Å²) in [7, 11) is 0. The first kappa shape index (κ1) is 18.2. The van der Waals surface area contributed by atoms with E-state index in [-0.39, 0.29) is 23.9 Å². The molecule has 0 spiro atoms. The molecular formula is C16H19N3O4. The smallest absolute Gasteiger partial charge is 0.338 e. The molecule has 1 atom stereocenters. The third kappa shape index (κ3) is 6.18. The molecule has 0 saturated heterocycles. The average Bonchev–Trinajstić information content (AvgIpc) is 2.47. The summed E-state index contributed by atoms with van der Waals surface area (Å²) < 4.78 is 5.08. The quantitative estimate of drug-likeness (QED) is 0.775. The molecule has 2 amide bonds. The maximum atomic E-state index is 11.9. The number of nitriles is 1. The minimum absolute atomic E-state index is 0.0417. The third-order valence-corrected chi connectivity index (χ3v) is 2.73. The lowest BCUT2D eigenvalue weighted by molar-refractivity contribution is -0.129. The highest BCUT2D eigenvalue weighted by Gasteiger charge is 2.19. The Morgan fingerprint density at radius 2 is 1.78 bits per heavy atom. The number of nitrogens with zero attached hydrogens (tertiary/aromatic N) is 1.